The summed E-state index contributed by atoms with van der Waals surface area (Å²) in [4.78, 5) is 23.3. The monoisotopic (exact) mass is 289 g/mol. The molecule has 2 unspecified atom stereocenters. The number of nitrogens with zero attached hydrogens (tertiary/aromatic N) is 1. The normalized spacial score (nSPS) is 13.8. The Kier molecular flexibility index (Phi) is 4.57. The Morgan fingerprint density at radius 3 is 2.76 bits per heavy atom. The maximum atomic E-state index is 12.1. The van der Waals surface area contributed by atoms with Gasteiger partial charge < -0.3 is 10.4 Å². The third-order valence-electron chi connectivity index (χ3n) is 3.67. The Labute approximate surface area is 122 Å². The summed E-state index contributed by atoms with van der Waals surface area (Å²) in [6.45, 7) is 3.71. The molecule has 0 spiro atoms. The van der Waals surface area contributed by atoms with E-state index < -0.39 is 12.0 Å². The Morgan fingerprint density at radius 2 is 2.10 bits per heavy atom. The SMILES string of the molecule is CCC(C)C(NC(=O)Cc1[nH]nc2ccccc12)C(=O)O. The molecule has 2 rings (SSSR count). The third kappa shape index (κ3) is 3.39. The number of H-pyrrole nitrogens is 1. The van der Waals surface area contributed by atoms with Crippen LogP contribution in [0.15, 0.2) is 24.3 Å². The molecule has 0 saturated carbocycles. The van der Waals surface area contributed by atoms with Crippen LogP contribution in [-0.4, -0.2) is 33.2 Å². The summed E-state index contributed by atoms with van der Waals surface area (Å²) in [6, 6.07) is 6.61. The molecule has 2 atom stereocenters. The topological polar surface area (TPSA) is 95.1 Å². The summed E-state index contributed by atoms with van der Waals surface area (Å²) < 4.78 is 0. The van der Waals surface area contributed by atoms with Gasteiger partial charge in [0.15, 0.2) is 0 Å². The minimum atomic E-state index is -1.01. The van der Waals surface area contributed by atoms with Crippen LogP contribution in [0.1, 0.15) is 26.0 Å². The minimum Gasteiger partial charge on any atom is -0.480 e. The van der Waals surface area contributed by atoms with Crippen molar-refractivity contribution in [2.45, 2.75) is 32.7 Å². The van der Waals surface area contributed by atoms with Crippen LogP contribution in [0.4, 0.5) is 0 Å². The Balaban J connectivity index is 2.09. The third-order valence-corrected chi connectivity index (χ3v) is 3.67. The highest BCUT2D eigenvalue weighted by molar-refractivity contribution is 5.89. The number of aromatic amines is 1. The van der Waals surface area contributed by atoms with Crippen LogP contribution in [0.3, 0.4) is 0 Å². The summed E-state index contributed by atoms with van der Waals surface area (Å²) in [5.74, 6) is -1.45. The number of aliphatic carboxylic acids is 1. The number of carboxylic acid groups (broad SMARTS) is 1. The number of carboxylic acids is 1. The predicted octanol–water partition coefficient (Wildman–Crippen LogP) is 1.72. The lowest BCUT2D eigenvalue weighted by Crippen LogP contribution is -2.45. The highest BCUT2D eigenvalue weighted by Crippen LogP contribution is 2.16. The zero-order valence-corrected chi connectivity index (χ0v) is 12.1. The van der Waals surface area contributed by atoms with E-state index in [0.717, 1.165) is 10.9 Å². The van der Waals surface area contributed by atoms with Gasteiger partial charge in [-0.15, -0.1) is 0 Å². The first-order valence-electron chi connectivity index (χ1n) is 6.97. The van der Waals surface area contributed by atoms with Gasteiger partial charge >= 0.3 is 5.97 Å². The van der Waals surface area contributed by atoms with Gasteiger partial charge in [0.25, 0.3) is 0 Å². The summed E-state index contributed by atoms with van der Waals surface area (Å²) in [7, 11) is 0. The summed E-state index contributed by atoms with van der Waals surface area (Å²) in [5.41, 5.74) is 1.48. The molecule has 0 aliphatic rings. The average Bonchev–Trinajstić information content (AvgIpc) is 2.87. The first kappa shape index (κ1) is 15.0. The number of para-hydroxylation sites is 1. The number of hydrogen-bond donors (Lipinski definition) is 3. The molecule has 112 valence electrons. The van der Waals surface area contributed by atoms with Crippen LogP contribution >= 0.6 is 0 Å². The molecule has 1 aromatic heterocycles. The quantitative estimate of drug-likeness (QED) is 0.754. The molecule has 0 fully saturated rings. The van der Waals surface area contributed by atoms with Crippen molar-refractivity contribution in [3.8, 4) is 0 Å². The van der Waals surface area contributed by atoms with Gasteiger partial charge in [-0.2, -0.15) is 5.10 Å². The average molecular weight is 289 g/mol. The van der Waals surface area contributed by atoms with Gasteiger partial charge in [0, 0.05) is 5.39 Å². The molecule has 1 aromatic carbocycles. The van der Waals surface area contributed by atoms with Crippen molar-refractivity contribution in [3.05, 3.63) is 30.0 Å². The van der Waals surface area contributed by atoms with E-state index in [1.54, 1.807) is 0 Å². The van der Waals surface area contributed by atoms with Gasteiger partial charge in [0.05, 0.1) is 17.6 Å². The van der Waals surface area contributed by atoms with Crippen molar-refractivity contribution in [2.75, 3.05) is 0 Å². The fourth-order valence-corrected chi connectivity index (χ4v) is 2.22. The van der Waals surface area contributed by atoms with Crippen molar-refractivity contribution in [1.82, 2.24) is 15.5 Å². The van der Waals surface area contributed by atoms with Crippen LogP contribution in [0.5, 0.6) is 0 Å². The molecule has 2 aromatic rings. The zero-order valence-electron chi connectivity index (χ0n) is 12.1. The van der Waals surface area contributed by atoms with Crippen LogP contribution in [0.25, 0.3) is 10.9 Å². The molecule has 6 nitrogen and oxygen atoms in total. The molecule has 21 heavy (non-hydrogen) atoms. The molecule has 0 bridgehead atoms. The van der Waals surface area contributed by atoms with Crippen molar-refractivity contribution in [1.29, 1.82) is 0 Å². The number of rotatable bonds is 6. The van der Waals surface area contributed by atoms with Crippen LogP contribution in [-0.2, 0) is 16.0 Å². The largest absolute Gasteiger partial charge is 0.480 e. The highest BCUT2D eigenvalue weighted by Gasteiger charge is 2.25. The fraction of sp³-hybridized carbons (Fsp3) is 0.400. The van der Waals surface area contributed by atoms with E-state index in [1.807, 2.05) is 38.1 Å². The molecule has 1 heterocycles. The molecule has 6 heteroatoms. The lowest BCUT2D eigenvalue weighted by atomic mass is 9.99. The van der Waals surface area contributed by atoms with E-state index in [2.05, 4.69) is 15.5 Å². The van der Waals surface area contributed by atoms with E-state index in [0.29, 0.717) is 12.1 Å². The summed E-state index contributed by atoms with van der Waals surface area (Å²) in [5, 5.41) is 19.6. The summed E-state index contributed by atoms with van der Waals surface area (Å²) >= 11 is 0. The molecule has 0 aliphatic carbocycles. The first-order valence-corrected chi connectivity index (χ1v) is 6.97. The molecule has 0 aliphatic heterocycles. The Morgan fingerprint density at radius 1 is 1.38 bits per heavy atom. The maximum Gasteiger partial charge on any atom is 0.326 e. The minimum absolute atomic E-state index is 0.0841. The number of benzene rings is 1. The van der Waals surface area contributed by atoms with Crippen molar-refractivity contribution < 1.29 is 14.7 Å². The van der Waals surface area contributed by atoms with Crippen molar-refractivity contribution in [2.24, 2.45) is 5.92 Å². The number of fused-ring (bicyclic) bond motifs is 1. The van der Waals surface area contributed by atoms with Gasteiger partial charge in [0.2, 0.25) is 5.91 Å². The number of nitrogens with one attached hydrogen (secondary N) is 2. The Hall–Kier alpha value is -2.37. The second-order valence-electron chi connectivity index (χ2n) is 5.17. The number of hydrogen-bond acceptors (Lipinski definition) is 3. The molecular weight excluding hydrogens is 270 g/mol. The second-order valence-corrected chi connectivity index (χ2v) is 5.17. The lowest BCUT2D eigenvalue weighted by Gasteiger charge is -2.19. The molecule has 1 amide bonds. The van der Waals surface area contributed by atoms with Crippen LogP contribution in [0.2, 0.25) is 0 Å². The second kappa shape index (κ2) is 6.39. The van der Waals surface area contributed by atoms with Crippen LogP contribution < -0.4 is 5.32 Å². The number of carbonyl (C=O) groups excluding carboxylic acids is 1. The van der Waals surface area contributed by atoms with E-state index in [1.165, 1.54) is 0 Å². The highest BCUT2D eigenvalue weighted by atomic mass is 16.4. The van der Waals surface area contributed by atoms with Gasteiger partial charge in [0.1, 0.15) is 6.04 Å². The van der Waals surface area contributed by atoms with E-state index >= 15 is 0 Å². The van der Waals surface area contributed by atoms with Crippen molar-refractivity contribution in [3.63, 3.8) is 0 Å². The van der Waals surface area contributed by atoms with Gasteiger partial charge in [-0.25, -0.2) is 4.79 Å². The summed E-state index contributed by atoms with van der Waals surface area (Å²) in [6.07, 6.45) is 0.769. The number of carbonyl (C=O) groups is 2. The van der Waals surface area contributed by atoms with Gasteiger partial charge in [-0.1, -0.05) is 38.5 Å². The van der Waals surface area contributed by atoms with E-state index in [4.69, 9.17) is 0 Å². The maximum absolute atomic E-state index is 12.1. The van der Waals surface area contributed by atoms with E-state index in [-0.39, 0.29) is 18.2 Å². The van der Waals surface area contributed by atoms with Gasteiger partial charge in [-0.05, 0) is 12.0 Å². The van der Waals surface area contributed by atoms with Gasteiger partial charge in [-0.3, -0.25) is 9.89 Å². The molecule has 3 N–H and O–H groups in total. The smallest absolute Gasteiger partial charge is 0.326 e. The first-order chi connectivity index (χ1) is 10.0. The standard InChI is InChI=1S/C15H19N3O3/c1-3-9(2)14(15(20)21)16-13(19)8-12-10-6-4-5-7-11(10)17-18-12/h4-7,9,14H,3,8H2,1-2H3,(H,16,19)(H,17,18)(H,20,21). The fourth-order valence-electron chi connectivity index (χ4n) is 2.22. The lowest BCUT2D eigenvalue weighted by molar-refractivity contribution is -0.143. The molecular formula is C15H19N3O3. The van der Waals surface area contributed by atoms with Crippen LogP contribution in [0, 0.1) is 5.92 Å². The van der Waals surface area contributed by atoms with Crippen molar-refractivity contribution >= 4 is 22.8 Å². The number of amides is 1. The molecule has 0 radical (unpaired) electrons. The number of aromatic nitrogens is 2. The zero-order chi connectivity index (χ0) is 15.4. The van der Waals surface area contributed by atoms with E-state index in [9.17, 15) is 14.7 Å². The Bertz CT molecular complexity index is 650. The predicted molar refractivity (Wildman–Crippen MR) is 78.8 cm³/mol. The molecule has 0 saturated heterocycles.